The molecular weight excluding hydrogens is 348 g/mol. The standard InChI is InChI=1S/C11H7ClN6O6/c12-6-2-1-5(3-7(6)17(21)22)10(19)16-15-9-8(18(23)24)11(20)14-4-13-9/h1-4H,(H,16,19)(H2,13,14,15,20). The number of rotatable bonds is 5. The van der Waals surface area contributed by atoms with Gasteiger partial charge < -0.3 is 4.98 Å². The molecule has 0 saturated heterocycles. The fourth-order valence-electron chi connectivity index (χ4n) is 1.64. The van der Waals surface area contributed by atoms with Gasteiger partial charge in [0.2, 0.25) is 5.82 Å². The number of halogens is 1. The number of carbonyl (C=O) groups excluding carboxylic acids is 1. The maximum Gasteiger partial charge on any atom is 0.377 e. The van der Waals surface area contributed by atoms with Crippen LogP contribution in [0.1, 0.15) is 10.4 Å². The summed E-state index contributed by atoms with van der Waals surface area (Å²) < 4.78 is 0. The largest absolute Gasteiger partial charge is 0.377 e. The molecule has 0 radical (unpaired) electrons. The summed E-state index contributed by atoms with van der Waals surface area (Å²) in [4.78, 5) is 48.7. The van der Waals surface area contributed by atoms with Crippen molar-refractivity contribution in [3.8, 4) is 0 Å². The highest BCUT2D eigenvalue weighted by molar-refractivity contribution is 6.32. The molecule has 1 amide bonds. The van der Waals surface area contributed by atoms with Crippen molar-refractivity contribution in [2.24, 2.45) is 0 Å². The van der Waals surface area contributed by atoms with Crippen LogP contribution in [-0.4, -0.2) is 25.7 Å². The van der Waals surface area contributed by atoms with Gasteiger partial charge in [-0.05, 0) is 12.1 Å². The lowest BCUT2D eigenvalue weighted by molar-refractivity contribution is -0.385. The number of amides is 1. The van der Waals surface area contributed by atoms with E-state index in [1.165, 1.54) is 6.07 Å². The SMILES string of the molecule is O=C(NNc1nc[nH]c(=O)c1[N+](=O)[O-])c1ccc(Cl)c([N+](=O)[O-])c1. The van der Waals surface area contributed by atoms with E-state index in [9.17, 15) is 29.8 Å². The fraction of sp³-hybridized carbons (Fsp3) is 0. The number of aromatic amines is 1. The van der Waals surface area contributed by atoms with E-state index in [1.54, 1.807) is 0 Å². The van der Waals surface area contributed by atoms with Gasteiger partial charge in [-0.3, -0.25) is 40.7 Å². The predicted molar refractivity (Wildman–Crippen MR) is 80.7 cm³/mol. The molecule has 0 aliphatic heterocycles. The van der Waals surface area contributed by atoms with E-state index in [-0.39, 0.29) is 10.6 Å². The Labute approximate surface area is 136 Å². The molecule has 3 N–H and O–H groups in total. The number of nitro benzene ring substituents is 1. The number of aromatic nitrogens is 2. The van der Waals surface area contributed by atoms with Crippen molar-refractivity contribution in [3.63, 3.8) is 0 Å². The summed E-state index contributed by atoms with van der Waals surface area (Å²) in [6.45, 7) is 0. The highest BCUT2D eigenvalue weighted by atomic mass is 35.5. The number of carbonyl (C=O) groups is 1. The van der Waals surface area contributed by atoms with E-state index in [0.717, 1.165) is 18.5 Å². The van der Waals surface area contributed by atoms with E-state index in [4.69, 9.17) is 11.6 Å². The smallest absolute Gasteiger partial charge is 0.307 e. The quantitative estimate of drug-likeness (QED) is 0.526. The average Bonchev–Trinajstić information content (AvgIpc) is 2.52. The molecule has 0 spiro atoms. The van der Waals surface area contributed by atoms with Gasteiger partial charge in [-0.1, -0.05) is 11.6 Å². The Morgan fingerprint density at radius 2 is 1.96 bits per heavy atom. The molecule has 0 aliphatic rings. The van der Waals surface area contributed by atoms with Crippen molar-refractivity contribution >= 4 is 34.7 Å². The second-order valence-corrected chi connectivity index (χ2v) is 4.60. The predicted octanol–water partition coefficient (Wildman–Crippen LogP) is 0.997. The van der Waals surface area contributed by atoms with Crippen LogP contribution in [0.15, 0.2) is 29.3 Å². The highest BCUT2D eigenvalue weighted by Crippen LogP contribution is 2.25. The molecule has 0 saturated carbocycles. The first-order valence-corrected chi connectivity index (χ1v) is 6.41. The van der Waals surface area contributed by atoms with Crippen LogP contribution in [0.5, 0.6) is 0 Å². The highest BCUT2D eigenvalue weighted by Gasteiger charge is 2.21. The van der Waals surface area contributed by atoms with Gasteiger partial charge in [0.1, 0.15) is 5.02 Å². The Morgan fingerprint density at radius 3 is 2.58 bits per heavy atom. The van der Waals surface area contributed by atoms with Gasteiger partial charge in [-0.2, -0.15) is 0 Å². The molecule has 1 heterocycles. The van der Waals surface area contributed by atoms with Crippen LogP contribution < -0.4 is 16.4 Å². The Morgan fingerprint density at radius 1 is 1.25 bits per heavy atom. The molecule has 0 fully saturated rings. The molecule has 24 heavy (non-hydrogen) atoms. The third kappa shape index (κ3) is 3.44. The van der Waals surface area contributed by atoms with Gasteiger partial charge in [-0.25, -0.2) is 4.98 Å². The zero-order chi connectivity index (χ0) is 17.9. The fourth-order valence-corrected chi connectivity index (χ4v) is 1.82. The van der Waals surface area contributed by atoms with Gasteiger partial charge in [0.05, 0.1) is 16.2 Å². The van der Waals surface area contributed by atoms with Crippen molar-refractivity contribution < 1.29 is 14.6 Å². The number of benzene rings is 1. The van der Waals surface area contributed by atoms with E-state index in [2.05, 4.69) is 10.4 Å². The van der Waals surface area contributed by atoms with Crippen molar-refractivity contribution in [1.29, 1.82) is 0 Å². The molecule has 13 heteroatoms. The van der Waals surface area contributed by atoms with Crippen LogP contribution in [0.4, 0.5) is 17.2 Å². The third-order valence-electron chi connectivity index (χ3n) is 2.71. The van der Waals surface area contributed by atoms with E-state index >= 15 is 0 Å². The van der Waals surface area contributed by atoms with Crippen molar-refractivity contribution in [2.45, 2.75) is 0 Å². The van der Waals surface area contributed by atoms with Gasteiger partial charge in [0, 0.05) is 11.6 Å². The second-order valence-electron chi connectivity index (χ2n) is 4.19. The van der Waals surface area contributed by atoms with Crippen LogP contribution in [0.3, 0.4) is 0 Å². The summed E-state index contributed by atoms with van der Waals surface area (Å²) in [6, 6.07) is 3.30. The van der Waals surface area contributed by atoms with E-state index < -0.39 is 38.5 Å². The molecule has 1 aromatic heterocycles. The summed E-state index contributed by atoms with van der Waals surface area (Å²) in [5.41, 5.74) is 1.63. The molecule has 12 nitrogen and oxygen atoms in total. The van der Waals surface area contributed by atoms with Crippen LogP contribution in [0.2, 0.25) is 5.02 Å². The Hall–Kier alpha value is -3.54. The molecular formula is C11H7ClN6O6. The lowest BCUT2D eigenvalue weighted by Crippen LogP contribution is -2.31. The molecule has 0 unspecified atom stereocenters. The maximum absolute atomic E-state index is 11.9. The van der Waals surface area contributed by atoms with Crippen LogP contribution in [0.25, 0.3) is 0 Å². The van der Waals surface area contributed by atoms with Gasteiger partial charge in [0.25, 0.3) is 11.6 Å². The molecule has 2 rings (SSSR count). The third-order valence-corrected chi connectivity index (χ3v) is 3.03. The summed E-state index contributed by atoms with van der Waals surface area (Å²) in [5, 5.41) is 21.4. The number of nitrogens with one attached hydrogen (secondary N) is 3. The molecule has 0 aliphatic carbocycles. The van der Waals surface area contributed by atoms with Crippen LogP contribution in [0, 0.1) is 20.2 Å². The summed E-state index contributed by atoms with van der Waals surface area (Å²) in [6.07, 6.45) is 0.900. The molecule has 0 bridgehead atoms. The minimum Gasteiger partial charge on any atom is -0.307 e. The maximum atomic E-state index is 11.9. The molecule has 1 aromatic carbocycles. The Kier molecular flexibility index (Phi) is 4.70. The number of H-pyrrole nitrogens is 1. The number of hydrogen-bond acceptors (Lipinski definition) is 8. The lowest BCUT2D eigenvalue weighted by Gasteiger charge is -2.07. The van der Waals surface area contributed by atoms with Gasteiger partial charge in [0.15, 0.2) is 0 Å². The van der Waals surface area contributed by atoms with Gasteiger partial charge in [-0.15, -0.1) is 0 Å². The molecule has 124 valence electrons. The summed E-state index contributed by atoms with van der Waals surface area (Å²) >= 11 is 5.63. The van der Waals surface area contributed by atoms with Crippen molar-refractivity contribution in [1.82, 2.24) is 15.4 Å². The van der Waals surface area contributed by atoms with E-state index in [1.807, 2.05) is 10.4 Å². The van der Waals surface area contributed by atoms with Crippen LogP contribution in [-0.2, 0) is 0 Å². The summed E-state index contributed by atoms with van der Waals surface area (Å²) in [5.74, 6) is -1.35. The normalized spacial score (nSPS) is 10.0. The van der Waals surface area contributed by atoms with Crippen molar-refractivity contribution in [2.75, 3.05) is 5.43 Å². The number of nitrogens with zero attached hydrogens (tertiary/aromatic N) is 3. The summed E-state index contributed by atoms with van der Waals surface area (Å²) in [7, 11) is 0. The van der Waals surface area contributed by atoms with Crippen molar-refractivity contribution in [3.05, 3.63) is 65.7 Å². The first-order valence-electron chi connectivity index (χ1n) is 6.03. The minimum atomic E-state index is -1.02. The number of hydrazine groups is 1. The monoisotopic (exact) mass is 354 g/mol. The second kappa shape index (κ2) is 6.70. The van der Waals surface area contributed by atoms with Crippen LogP contribution >= 0.6 is 11.6 Å². The average molecular weight is 355 g/mol. The Bertz CT molecular complexity index is 897. The van der Waals surface area contributed by atoms with E-state index in [0.29, 0.717) is 0 Å². The molecule has 2 aromatic rings. The minimum absolute atomic E-state index is 0.133. The number of nitro groups is 2. The zero-order valence-corrected chi connectivity index (χ0v) is 12.2. The van der Waals surface area contributed by atoms with Gasteiger partial charge >= 0.3 is 11.2 Å². The first kappa shape index (κ1) is 16.8. The Balaban J connectivity index is 2.22. The molecule has 0 atom stereocenters. The number of anilines is 1. The lowest BCUT2D eigenvalue weighted by atomic mass is 10.2. The topological polar surface area (TPSA) is 173 Å². The zero-order valence-electron chi connectivity index (χ0n) is 11.5. The first-order chi connectivity index (χ1) is 11.3. The number of hydrogen-bond donors (Lipinski definition) is 3.